The fourth-order valence-electron chi connectivity index (χ4n) is 2.77. The number of amides is 1. The van der Waals surface area contributed by atoms with E-state index in [0.717, 1.165) is 26.7 Å². The van der Waals surface area contributed by atoms with Gasteiger partial charge in [0.15, 0.2) is 6.61 Å². The maximum Gasteiger partial charge on any atom is 0.351 e. The molecule has 0 unspecified atom stereocenters. The van der Waals surface area contributed by atoms with E-state index < -0.39 is 18.5 Å². The highest BCUT2D eigenvalue weighted by Crippen LogP contribution is 2.35. The summed E-state index contributed by atoms with van der Waals surface area (Å²) in [4.78, 5) is 29.9. The van der Waals surface area contributed by atoms with Crippen LogP contribution in [0.5, 0.6) is 0 Å². The first kappa shape index (κ1) is 19.3. The van der Waals surface area contributed by atoms with Gasteiger partial charge in [0.25, 0.3) is 5.91 Å². The van der Waals surface area contributed by atoms with Gasteiger partial charge in [-0.3, -0.25) is 4.79 Å². The first-order chi connectivity index (χ1) is 12.8. The van der Waals surface area contributed by atoms with Crippen LogP contribution in [0, 0.1) is 20.8 Å². The number of carbonyl (C=O) groups is 2. The van der Waals surface area contributed by atoms with Gasteiger partial charge in [0.1, 0.15) is 9.71 Å². The second-order valence-corrected chi connectivity index (χ2v) is 8.10. The molecule has 0 aliphatic carbocycles. The lowest BCUT2D eigenvalue weighted by Gasteiger charge is -2.09. The van der Waals surface area contributed by atoms with Crippen LogP contribution < -0.4 is 11.1 Å². The Morgan fingerprint density at radius 1 is 1.22 bits per heavy atom. The van der Waals surface area contributed by atoms with Crippen molar-refractivity contribution in [3.05, 3.63) is 50.4 Å². The van der Waals surface area contributed by atoms with Crippen LogP contribution in [0.25, 0.3) is 10.2 Å². The van der Waals surface area contributed by atoms with Gasteiger partial charge >= 0.3 is 5.97 Å². The molecule has 0 aliphatic rings. The third-order valence-electron chi connectivity index (χ3n) is 4.01. The number of carbonyl (C=O) groups excluding carboxylic acids is 2. The third kappa shape index (κ3) is 4.12. The molecule has 3 aromatic rings. The van der Waals surface area contributed by atoms with Crippen molar-refractivity contribution in [3.8, 4) is 0 Å². The number of hydrogen-bond acceptors (Lipinski definition) is 6. The second-order valence-electron chi connectivity index (χ2n) is 6.19. The van der Waals surface area contributed by atoms with Crippen LogP contribution in [0.2, 0.25) is 0 Å². The third-order valence-corrected chi connectivity index (χ3v) is 5.58. The molecule has 1 aromatic carbocycles. The van der Waals surface area contributed by atoms with E-state index >= 15 is 0 Å². The normalized spacial score (nSPS) is 10.8. The van der Waals surface area contributed by atoms with Crippen LogP contribution in [-0.2, 0) is 9.53 Å². The van der Waals surface area contributed by atoms with Gasteiger partial charge in [0, 0.05) is 21.2 Å². The zero-order valence-electron chi connectivity index (χ0n) is 15.1. The molecule has 27 heavy (non-hydrogen) atoms. The molecule has 3 rings (SSSR count). The molecule has 8 heteroatoms. The first-order valence-corrected chi connectivity index (χ1v) is 9.76. The molecular formula is C19H18BrN3O3S. The monoisotopic (exact) mass is 447 g/mol. The Morgan fingerprint density at radius 3 is 2.67 bits per heavy atom. The van der Waals surface area contributed by atoms with E-state index in [1.165, 1.54) is 11.3 Å². The number of fused-ring (bicyclic) bond motifs is 1. The molecule has 6 nitrogen and oxygen atoms in total. The molecule has 0 bridgehead atoms. The standard InChI is InChI=1S/C19H18BrN3O3S/c1-9-7-12(20)4-5-13(9)23-14(24)8-26-19(25)17-16(21)15-10(2)6-11(3)22-18(15)27-17/h4-7H,8,21H2,1-3H3,(H,23,24). The number of ether oxygens (including phenoxy) is 1. The number of esters is 1. The van der Waals surface area contributed by atoms with Crippen molar-refractivity contribution in [2.45, 2.75) is 20.8 Å². The van der Waals surface area contributed by atoms with Crippen molar-refractivity contribution in [1.29, 1.82) is 0 Å². The quantitative estimate of drug-likeness (QED) is 0.579. The number of benzene rings is 1. The van der Waals surface area contributed by atoms with E-state index in [9.17, 15) is 9.59 Å². The molecule has 0 atom stereocenters. The zero-order chi connectivity index (χ0) is 19.7. The van der Waals surface area contributed by atoms with Crippen LogP contribution in [0.3, 0.4) is 0 Å². The Morgan fingerprint density at radius 2 is 1.96 bits per heavy atom. The molecule has 1 amide bonds. The number of nitrogens with one attached hydrogen (secondary N) is 1. The van der Waals surface area contributed by atoms with Crippen molar-refractivity contribution in [2.24, 2.45) is 0 Å². The van der Waals surface area contributed by atoms with Gasteiger partial charge in [-0.1, -0.05) is 15.9 Å². The predicted molar refractivity (Wildman–Crippen MR) is 111 cm³/mol. The minimum absolute atomic E-state index is 0.263. The number of halogens is 1. The Balaban J connectivity index is 1.70. The summed E-state index contributed by atoms with van der Waals surface area (Å²) in [6, 6.07) is 7.40. The lowest BCUT2D eigenvalue weighted by atomic mass is 10.1. The Hall–Kier alpha value is -2.45. The predicted octanol–water partition coefficient (Wildman–Crippen LogP) is 4.36. The highest BCUT2D eigenvalue weighted by atomic mass is 79.9. The van der Waals surface area contributed by atoms with Crippen molar-refractivity contribution in [1.82, 2.24) is 4.98 Å². The highest BCUT2D eigenvalue weighted by molar-refractivity contribution is 9.10. The van der Waals surface area contributed by atoms with E-state index in [2.05, 4.69) is 26.2 Å². The topological polar surface area (TPSA) is 94.3 Å². The Kier molecular flexibility index (Phi) is 5.48. The molecule has 140 valence electrons. The number of thiophene rings is 1. The Labute approximate surface area is 168 Å². The van der Waals surface area contributed by atoms with Crippen molar-refractivity contribution < 1.29 is 14.3 Å². The van der Waals surface area contributed by atoms with Crippen molar-refractivity contribution >= 4 is 60.7 Å². The van der Waals surface area contributed by atoms with E-state index in [1.54, 1.807) is 6.07 Å². The van der Waals surface area contributed by atoms with Gasteiger partial charge in [0.05, 0.1) is 5.69 Å². The lowest BCUT2D eigenvalue weighted by molar-refractivity contribution is -0.119. The molecule has 0 fully saturated rings. The fourth-order valence-corrected chi connectivity index (χ4v) is 4.36. The summed E-state index contributed by atoms with van der Waals surface area (Å²) in [5, 5.41) is 3.48. The van der Waals surface area contributed by atoms with E-state index in [-0.39, 0.29) is 4.88 Å². The molecule has 2 heterocycles. The molecule has 0 radical (unpaired) electrons. The fraction of sp³-hybridized carbons (Fsp3) is 0.211. The number of nitrogens with two attached hydrogens (primary N) is 1. The number of anilines is 2. The van der Waals surface area contributed by atoms with Crippen LogP contribution in [0.1, 0.15) is 26.5 Å². The summed E-state index contributed by atoms with van der Waals surface area (Å²) >= 11 is 4.54. The smallest absolute Gasteiger partial charge is 0.351 e. The average molecular weight is 448 g/mol. The highest BCUT2D eigenvalue weighted by Gasteiger charge is 2.21. The number of aryl methyl sites for hydroxylation is 3. The number of hydrogen-bond donors (Lipinski definition) is 2. The van der Waals surface area contributed by atoms with Gasteiger partial charge in [0.2, 0.25) is 0 Å². The minimum Gasteiger partial charge on any atom is -0.451 e. The van der Waals surface area contributed by atoms with Gasteiger partial charge in [-0.05, 0) is 56.2 Å². The largest absolute Gasteiger partial charge is 0.451 e. The number of aromatic nitrogens is 1. The number of nitrogens with zero attached hydrogens (tertiary/aromatic N) is 1. The summed E-state index contributed by atoms with van der Waals surface area (Å²) in [5.74, 6) is -1.05. The summed E-state index contributed by atoms with van der Waals surface area (Å²) < 4.78 is 6.07. The lowest BCUT2D eigenvalue weighted by Crippen LogP contribution is -2.21. The molecule has 0 saturated heterocycles. The van der Waals surface area contributed by atoms with Crippen LogP contribution >= 0.6 is 27.3 Å². The summed E-state index contributed by atoms with van der Waals surface area (Å²) in [6.07, 6.45) is 0. The number of nitrogen functional groups attached to an aromatic ring is 1. The van der Waals surface area contributed by atoms with Crippen LogP contribution in [-0.4, -0.2) is 23.5 Å². The van der Waals surface area contributed by atoms with Gasteiger partial charge in [-0.2, -0.15) is 0 Å². The summed E-state index contributed by atoms with van der Waals surface area (Å²) in [6.45, 7) is 5.28. The Bertz CT molecular complexity index is 1060. The molecule has 0 spiro atoms. The van der Waals surface area contributed by atoms with Crippen LogP contribution in [0.15, 0.2) is 28.7 Å². The maximum atomic E-state index is 12.4. The molecular weight excluding hydrogens is 430 g/mol. The number of rotatable bonds is 4. The number of pyridine rings is 1. The van der Waals surface area contributed by atoms with Gasteiger partial charge in [-0.25, -0.2) is 9.78 Å². The van der Waals surface area contributed by atoms with Crippen molar-refractivity contribution in [2.75, 3.05) is 17.7 Å². The molecule has 2 aromatic heterocycles. The molecule has 0 aliphatic heterocycles. The van der Waals surface area contributed by atoms with E-state index in [0.29, 0.717) is 16.2 Å². The van der Waals surface area contributed by atoms with Crippen molar-refractivity contribution in [3.63, 3.8) is 0 Å². The van der Waals surface area contributed by atoms with E-state index in [4.69, 9.17) is 10.5 Å². The SMILES string of the molecule is Cc1cc(C)c2c(N)c(C(=O)OCC(=O)Nc3ccc(Br)cc3C)sc2n1. The second kappa shape index (κ2) is 7.66. The zero-order valence-corrected chi connectivity index (χ0v) is 17.5. The minimum atomic E-state index is -0.629. The van der Waals surface area contributed by atoms with Gasteiger partial charge < -0.3 is 15.8 Å². The maximum absolute atomic E-state index is 12.4. The summed E-state index contributed by atoms with van der Waals surface area (Å²) in [5.41, 5.74) is 9.83. The van der Waals surface area contributed by atoms with Crippen LogP contribution in [0.4, 0.5) is 11.4 Å². The molecule has 0 saturated carbocycles. The first-order valence-electron chi connectivity index (χ1n) is 8.15. The van der Waals surface area contributed by atoms with Gasteiger partial charge in [-0.15, -0.1) is 11.3 Å². The van der Waals surface area contributed by atoms with E-state index in [1.807, 2.05) is 39.0 Å². The summed E-state index contributed by atoms with van der Waals surface area (Å²) in [7, 11) is 0. The molecule has 3 N–H and O–H groups in total. The average Bonchev–Trinajstić information content (AvgIpc) is 2.92.